The monoisotopic (exact) mass is 391 g/mol. The number of nitrogens with zero attached hydrogens (tertiary/aromatic N) is 2. The van der Waals surface area contributed by atoms with Crippen molar-refractivity contribution in [2.45, 2.75) is 32.2 Å². The minimum absolute atomic E-state index is 0.0560. The minimum atomic E-state index is -0.0560. The summed E-state index contributed by atoms with van der Waals surface area (Å²) in [6.45, 7) is 1.62. The molecule has 0 bridgehead atoms. The van der Waals surface area contributed by atoms with Crippen LogP contribution in [0.5, 0.6) is 0 Å². The van der Waals surface area contributed by atoms with E-state index in [0.29, 0.717) is 6.54 Å². The quantitative estimate of drug-likeness (QED) is 0.498. The highest BCUT2D eigenvalue weighted by Gasteiger charge is 2.09. The van der Waals surface area contributed by atoms with Gasteiger partial charge in [0.1, 0.15) is 12.4 Å². The summed E-state index contributed by atoms with van der Waals surface area (Å²) in [4.78, 5) is 16.2. The SMILES string of the molecule is COCC(=O)NCCCCCc1nc2ccccc2n1C/C=C/c1ccccc1. The van der Waals surface area contributed by atoms with Crippen LogP contribution in [0.1, 0.15) is 30.7 Å². The van der Waals surface area contributed by atoms with Crippen LogP contribution in [-0.2, 0) is 22.5 Å². The third-order valence-corrected chi connectivity index (χ3v) is 4.81. The summed E-state index contributed by atoms with van der Waals surface area (Å²) in [6.07, 6.45) is 8.34. The van der Waals surface area contributed by atoms with E-state index >= 15 is 0 Å². The molecule has 0 unspecified atom stereocenters. The maximum Gasteiger partial charge on any atom is 0.245 e. The summed E-state index contributed by atoms with van der Waals surface area (Å²) in [5.41, 5.74) is 3.42. The molecule has 1 amide bonds. The molecule has 2 aromatic carbocycles. The van der Waals surface area contributed by atoms with Crippen LogP contribution in [0, 0.1) is 0 Å². The van der Waals surface area contributed by atoms with Gasteiger partial charge in [-0.05, 0) is 30.5 Å². The number of aryl methyl sites for hydroxylation is 1. The molecule has 0 aliphatic carbocycles. The second kappa shape index (κ2) is 11.2. The van der Waals surface area contributed by atoms with Crippen molar-refractivity contribution in [1.82, 2.24) is 14.9 Å². The maximum atomic E-state index is 11.4. The zero-order valence-electron chi connectivity index (χ0n) is 17.0. The molecule has 1 N–H and O–H groups in total. The lowest BCUT2D eigenvalue weighted by Gasteiger charge is -2.07. The van der Waals surface area contributed by atoms with Gasteiger partial charge in [-0.15, -0.1) is 0 Å². The molecule has 3 aromatic rings. The Kier molecular flexibility index (Phi) is 8.01. The molecule has 0 atom stereocenters. The van der Waals surface area contributed by atoms with E-state index in [1.807, 2.05) is 12.1 Å². The Bertz CT molecular complexity index is 932. The van der Waals surface area contributed by atoms with Crippen molar-refractivity contribution >= 4 is 23.0 Å². The van der Waals surface area contributed by atoms with Gasteiger partial charge in [0.25, 0.3) is 0 Å². The molecule has 3 rings (SSSR count). The van der Waals surface area contributed by atoms with Crippen molar-refractivity contribution in [2.24, 2.45) is 0 Å². The number of amides is 1. The van der Waals surface area contributed by atoms with E-state index in [1.54, 1.807) is 0 Å². The Morgan fingerprint density at radius 1 is 1.07 bits per heavy atom. The first-order valence-electron chi connectivity index (χ1n) is 10.2. The highest BCUT2D eigenvalue weighted by atomic mass is 16.5. The Labute approximate surface area is 172 Å². The molecule has 0 spiro atoms. The first-order valence-corrected chi connectivity index (χ1v) is 10.2. The number of unbranched alkanes of at least 4 members (excludes halogenated alkanes) is 2. The second-order valence-electron chi connectivity index (χ2n) is 7.03. The third kappa shape index (κ3) is 6.29. The van der Waals surface area contributed by atoms with Crippen molar-refractivity contribution in [3.63, 3.8) is 0 Å². The summed E-state index contributed by atoms with van der Waals surface area (Å²) in [6, 6.07) is 18.6. The number of benzene rings is 2. The van der Waals surface area contributed by atoms with E-state index in [4.69, 9.17) is 9.72 Å². The van der Waals surface area contributed by atoms with E-state index in [0.717, 1.165) is 43.6 Å². The average Bonchev–Trinajstić information content (AvgIpc) is 3.09. The number of carbonyl (C=O) groups is 1. The van der Waals surface area contributed by atoms with E-state index < -0.39 is 0 Å². The predicted molar refractivity (Wildman–Crippen MR) is 118 cm³/mol. The van der Waals surface area contributed by atoms with Crippen LogP contribution in [0.3, 0.4) is 0 Å². The largest absolute Gasteiger partial charge is 0.375 e. The number of allylic oxidation sites excluding steroid dienone is 1. The standard InChI is InChI=1S/C24H29N3O2/c1-29-19-24(28)25-17-9-3-6-16-23-26-21-14-7-8-15-22(21)27(23)18-10-13-20-11-4-2-5-12-20/h2,4-5,7-8,10-15H,3,6,9,16-19H2,1H3,(H,25,28)/b13-10+. The van der Waals surface area contributed by atoms with Crippen LogP contribution in [0.15, 0.2) is 60.7 Å². The number of fused-ring (bicyclic) bond motifs is 1. The number of methoxy groups -OCH3 is 1. The van der Waals surface area contributed by atoms with Gasteiger partial charge in [-0.1, -0.05) is 61.0 Å². The van der Waals surface area contributed by atoms with Gasteiger partial charge in [-0.3, -0.25) is 4.79 Å². The molecule has 1 heterocycles. The molecule has 0 radical (unpaired) electrons. The van der Waals surface area contributed by atoms with E-state index in [-0.39, 0.29) is 12.5 Å². The van der Waals surface area contributed by atoms with E-state index in [9.17, 15) is 4.79 Å². The smallest absolute Gasteiger partial charge is 0.245 e. The molecule has 0 aliphatic rings. The van der Waals surface area contributed by atoms with Gasteiger partial charge in [0.2, 0.25) is 5.91 Å². The van der Waals surface area contributed by atoms with Crippen molar-refractivity contribution < 1.29 is 9.53 Å². The molecule has 5 heteroatoms. The van der Waals surface area contributed by atoms with Crippen LogP contribution >= 0.6 is 0 Å². The van der Waals surface area contributed by atoms with Gasteiger partial charge < -0.3 is 14.6 Å². The van der Waals surface area contributed by atoms with Gasteiger partial charge >= 0.3 is 0 Å². The predicted octanol–water partition coefficient (Wildman–Crippen LogP) is 4.23. The lowest BCUT2D eigenvalue weighted by molar-refractivity contribution is -0.124. The van der Waals surface area contributed by atoms with Gasteiger partial charge in [0, 0.05) is 26.6 Å². The number of carbonyl (C=O) groups excluding carboxylic acids is 1. The molecule has 1 aromatic heterocycles. The van der Waals surface area contributed by atoms with Gasteiger partial charge in [-0.25, -0.2) is 4.98 Å². The van der Waals surface area contributed by atoms with Crippen molar-refractivity contribution in [2.75, 3.05) is 20.3 Å². The average molecular weight is 392 g/mol. The van der Waals surface area contributed by atoms with Crippen molar-refractivity contribution in [3.8, 4) is 0 Å². The van der Waals surface area contributed by atoms with E-state index in [1.165, 1.54) is 18.2 Å². The molecule has 0 saturated heterocycles. The van der Waals surface area contributed by atoms with Crippen LogP contribution in [-0.4, -0.2) is 35.7 Å². The third-order valence-electron chi connectivity index (χ3n) is 4.81. The summed E-state index contributed by atoms with van der Waals surface area (Å²) in [7, 11) is 1.53. The Hall–Kier alpha value is -2.92. The second-order valence-corrected chi connectivity index (χ2v) is 7.03. The normalized spacial score (nSPS) is 11.3. The molecule has 5 nitrogen and oxygen atoms in total. The number of hydrogen-bond acceptors (Lipinski definition) is 3. The van der Waals surface area contributed by atoms with Crippen LogP contribution < -0.4 is 5.32 Å². The van der Waals surface area contributed by atoms with E-state index in [2.05, 4.69) is 64.5 Å². The van der Waals surface area contributed by atoms with Crippen LogP contribution in [0.25, 0.3) is 17.1 Å². The van der Waals surface area contributed by atoms with Crippen molar-refractivity contribution in [1.29, 1.82) is 0 Å². The first-order chi connectivity index (χ1) is 14.3. The number of ether oxygens (including phenoxy) is 1. The molecule has 29 heavy (non-hydrogen) atoms. The number of aromatic nitrogens is 2. The zero-order valence-corrected chi connectivity index (χ0v) is 17.0. The molecular weight excluding hydrogens is 362 g/mol. The molecular formula is C24H29N3O2. The fourth-order valence-electron chi connectivity index (χ4n) is 3.37. The van der Waals surface area contributed by atoms with Crippen LogP contribution in [0.2, 0.25) is 0 Å². The Morgan fingerprint density at radius 3 is 2.69 bits per heavy atom. The summed E-state index contributed by atoms with van der Waals surface area (Å²) in [5.74, 6) is 1.06. The fraction of sp³-hybridized carbons (Fsp3) is 0.333. The lowest BCUT2D eigenvalue weighted by Crippen LogP contribution is -2.27. The molecule has 152 valence electrons. The Balaban J connectivity index is 1.57. The summed E-state index contributed by atoms with van der Waals surface area (Å²) < 4.78 is 7.11. The molecule has 0 fully saturated rings. The van der Waals surface area contributed by atoms with Gasteiger partial charge in [0.05, 0.1) is 11.0 Å². The summed E-state index contributed by atoms with van der Waals surface area (Å²) in [5, 5.41) is 2.86. The number of para-hydroxylation sites is 2. The Morgan fingerprint density at radius 2 is 1.86 bits per heavy atom. The zero-order chi connectivity index (χ0) is 20.3. The summed E-state index contributed by atoms with van der Waals surface area (Å²) >= 11 is 0. The number of nitrogens with one attached hydrogen (secondary N) is 1. The molecule has 0 saturated carbocycles. The number of hydrogen-bond donors (Lipinski definition) is 1. The van der Waals surface area contributed by atoms with Crippen molar-refractivity contribution in [3.05, 3.63) is 72.1 Å². The first kappa shape index (κ1) is 20.8. The highest BCUT2D eigenvalue weighted by molar-refractivity contribution is 5.77. The fourth-order valence-corrected chi connectivity index (χ4v) is 3.37. The topological polar surface area (TPSA) is 56.1 Å². The maximum absolute atomic E-state index is 11.4. The highest BCUT2D eigenvalue weighted by Crippen LogP contribution is 2.18. The van der Waals surface area contributed by atoms with Crippen LogP contribution in [0.4, 0.5) is 0 Å². The van der Waals surface area contributed by atoms with Gasteiger partial charge in [0.15, 0.2) is 0 Å². The lowest BCUT2D eigenvalue weighted by atomic mass is 10.2. The number of imidazole rings is 1. The van der Waals surface area contributed by atoms with Gasteiger partial charge in [-0.2, -0.15) is 0 Å². The number of rotatable bonds is 11. The minimum Gasteiger partial charge on any atom is -0.375 e. The molecule has 0 aliphatic heterocycles.